The summed E-state index contributed by atoms with van der Waals surface area (Å²) < 4.78 is 0. The van der Waals surface area contributed by atoms with E-state index in [0.29, 0.717) is 11.8 Å². The summed E-state index contributed by atoms with van der Waals surface area (Å²) in [6.07, 6.45) is 3.53. The Morgan fingerprint density at radius 3 is 2.69 bits per heavy atom. The number of hydrogen-bond donors (Lipinski definition) is 2. The van der Waals surface area contributed by atoms with Crippen LogP contribution in [0.4, 0.5) is 0 Å². The van der Waals surface area contributed by atoms with Crippen molar-refractivity contribution >= 4 is 0 Å². The fraction of sp³-hybridized carbons (Fsp3) is 0.818. The molecule has 3 aliphatic rings. The van der Waals surface area contributed by atoms with Crippen LogP contribution < -0.4 is 0 Å². The van der Waals surface area contributed by atoms with E-state index in [1.54, 1.807) is 0 Å². The molecule has 2 nitrogen and oxygen atoms in total. The minimum atomic E-state index is -0.276. The summed E-state index contributed by atoms with van der Waals surface area (Å²) in [4.78, 5) is 0. The normalized spacial score (nSPS) is 40.9. The van der Waals surface area contributed by atoms with Crippen molar-refractivity contribution in [3.8, 4) is 0 Å². The lowest BCUT2D eigenvalue weighted by atomic mass is 9.47. The second kappa shape index (κ2) is 2.82. The van der Waals surface area contributed by atoms with Gasteiger partial charge in [-0.15, -0.1) is 0 Å². The zero-order valence-corrected chi connectivity index (χ0v) is 8.33. The molecule has 3 unspecified atom stereocenters. The Kier molecular flexibility index (Phi) is 2.00. The summed E-state index contributed by atoms with van der Waals surface area (Å²) in [6, 6.07) is 0. The average molecular weight is 182 g/mol. The van der Waals surface area contributed by atoms with Gasteiger partial charge >= 0.3 is 0 Å². The Bertz CT molecular complexity index is 242. The van der Waals surface area contributed by atoms with Crippen molar-refractivity contribution in [3.05, 3.63) is 11.6 Å². The third-order valence-corrected chi connectivity index (χ3v) is 3.99. The van der Waals surface area contributed by atoms with E-state index in [1.807, 2.05) is 6.08 Å². The van der Waals surface area contributed by atoms with Crippen LogP contribution >= 0.6 is 0 Å². The van der Waals surface area contributed by atoms with Crippen molar-refractivity contribution in [1.82, 2.24) is 0 Å². The van der Waals surface area contributed by atoms with Crippen molar-refractivity contribution in [2.45, 2.75) is 32.8 Å². The molecule has 1 saturated carbocycles. The third kappa shape index (κ3) is 1.16. The Morgan fingerprint density at radius 2 is 2.23 bits per heavy atom. The number of aliphatic hydroxyl groups excluding tert-OH is 2. The van der Waals surface area contributed by atoms with Gasteiger partial charge in [0.25, 0.3) is 0 Å². The van der Waals surface area contributed by atoms with Crippen LogP contribution in [0.3, 0.4) is 0 Å². The first kappa shape index (κ1) is 9.22. The molecular weight excluding hydrogens is 164 g/mol. The Hall–Kier alpha value is -0.340. The van der Waals surface area contributed by atoms with E-state index in [1.165, 1.54) is 5.57 Å². The first-order valence-corrected chi connectivity index (χ1v) is 5.07. The van der Waals surface area contributed by atoms with Crippen molar-refractivity contribution in [1.29, 1.82) is 0 Å². The summed E-state index contributed by atoms with van der Waals surface area (Å²) in [5.74, 6) is 1.05. The van der Waals surface area contributed by atoms with E-state index in [4.69, 9.17) is 5.11 Å². The van der Waals surface area contributed by atoms with Crippen molar-refractivity contribution in [2.75, 3.05) is 6.61 Å². The topological polar surface area (TPSA) is 40.5 Å². The van der Waals surface area contributed by atoms with Crippen LogP contribution in [0, 0.1) is 17.3 Å². The van der Waals surface area contributed by atoms with Crippen LogP contribution in [0.15, 0.2) is 11.6 Å². The number of rotatable bonds is 2. The first-order valence-electron chi connectivity index (χ1n) is 5.07. The first-order chi connectivity index (χ1) is 6.07. The molecule has 3 rings (SSSR count). The summed E-state index contributed by atoms with van der Waals surface area (Å²) in [7, 11) is 0. The zero-order chi connectivity index (χ0) is 9.64. The fourth-order valence-electron chi connectivity index (χ4n) is 3.01. The van der Waals surface area contributed by atoms with Gasteiger partial charge in [-0.25, -0.2) is 0 Å². The number of hydrogen-bond acceptors (Lipinski definition) is 2. The van der Waals surface area contributed by atoms with E-state index < -0.39 is 0 Å². The lowest BCUT2D eigenvalue weighted by molar-refractivity contribution is -0.0783. The van der Waals surface area contributed by atoms with Crippen molar-refractivity contribution in [2.24, 2.45) is 17.3 Å². The second-order valence-electron chi connectivity index (χ2n) is 4.92. The second-order valence-corrected chi connectivity index (χ2v) is 4.92. The maximum absolute atomic E-state index is 9.79. The van der Waals surface area contributed by atoms with Crippen molar-refractivity contribution < 1.29 is 10.2 Å². The minimum absolute atomic E-state index is 0.204. The minimum Gasteiger partial charge on any atom is -0.396 e. The predicted octanol–water partition coefficient (Wildman–Crippen LogP) is 1.33. The van der Waals surface area contributed by atoms with Crippen LogP contribution in [0.1, 0.15) is 26.7 Å². The quantitative estimate of drug-likeness (QED) is 0.632. The molecule has 2 bridgehead atoms. The highest BCUT2D eigenvalue weighted by Gasteiger charge is 2.54. The van der Waals surface area contributed by atoms with Gasteiger partial charge < -0.3 is 10.2 Å². The molecule has 0 saturated heterocycles. The van der Waals surface area contributed by atoms with Gasteiger partial charge in [-0.2, -0.15) is 0 Å². The molecule has 13 heavy (non-hydrogen) atoms. The molecular formula is C11H18O2. The third-order valence-electron chi connectivity index (χ3n) is 3.99. The van der Waals surface area contributed by atoms with Gasteiger partial charge in [-0.3, -0.25) is 0 Å². The van der Waals surface area contributed by atoms with Gasteiger partial charge in [-0.05, 0) is 30.1 Å². The van der Waals surface area contributed by atoms with Crippen LogP contribution in [0.25, 0.3) is 0 Å². The lowest BCUT2D eigenvalue weighted by Gasteiger charge is -2.58. The number of aliphatic hydroxyl groups is 2. The Balaban J connectivity index is 2.21. The standard InChI is InChI=1S/C11H18O2/c1-11(2)8-6-9(11)10(13)5-7(8)3-4-12/h5,8-10,12-13H,3-4,6H2,1-2H3. The molecule has 0 amide bonds. The molecule has 1 fully saturated rings. The summed E-state index contributed by atoms with van der Waals surface area (Å²) in [5.41, 5.74) is 1.51. The molecule has 0 aliphatic heterocycles. The highest BCUT2D eigenvalue weighted by Crippen LogP contribution is 2.59. The zero-order valence-electron chi connectivity index (χ0n) is 8.33. The van der Waals surface area contributed by atoms with Crippen LogP contribution in [0.2, 0.25) is 0 Å². The Morgan fingerprint density at radius 1 is 1.54 bits per heavy atom. The molecule has 2 heteroatoms. The predicted molar refractivity (Wildman–Crippen MR) is 51.2 cm³/mol. The average Bonchev–Trinajstić information content (AvgIpc) is 2.03. The highest BCUT2D eigenvalue weighted by molar-refractivity contribution is 5.26. The van der Waals surface area contributed by atoms with E-state index in [0.717, 1.165) is 12.8 Å². The highest BCUT2D eigenvalue weighted by atomic mass is 16.3. The van der Waals surface area contributed by atoms with Crippen LogP contribution in [0.5, 0.6) is 0 Å². The van der Waals surface area contributed by atoms with Crippen molar-refractivity contribution in [3.63, 3.8) is 0 Å². The Labute approximate surface area is 79.3 Å². The SMILES string of the molecule is CC1(C)C2CC1C(O)C=C2CCO. The molecule has 0 aromatic rings. The fourth-order valence-corrected chi connectivity index (χ4v) is 3.01. The molecule has 0 aromatic heterocycles. The largest absolute Gasteiger partial charge is 0.396 e. The molecule has 74 valence electrons. The summed E-state index contributed by atoms with van der Waals surface area (Å²) >= 11 is 0. The summed E-state index contributed by atoms with van der Waals surface area (Å²) in [6.45, 7) is 4.65. The monoisotopic (exact) mass is 182 g/mol. The van der Waals surface area contributed by atoms with E-state index in [-0.39, 0.29) is 18.1 Å². The van der Waals surface area contributed by atoms with Crippen LogP contribution in [-0.4, -0.2) is 22.9 Å². The molecule has 3 atom stereocenters. The van der Waals surface area contributed by atoms with Gasteiger partial charge in [0, 0.05) is 6.61 Å². The molecule has 3 aliphatic carbocycles. The van der Waals surface area contributed by atoms with Gasteiger partial charge in [0.15, 0.2) is 0 Å². The van der Waals surface area contributed by atoms with Gasteiger partial charge in [-0.1, -0.05) is 25.5 Å². The summed E-state index contributed by atoms with van der Waals surface area (Å²) in [5, 5.41) is 18.7. The molecule has 0 radical (unpaired) electrons. The lowest BCUT2D eigenvalue weighted by Crippen LogP contribution is -2.54. The maximum Gasteiger partial charge on any atom is 0.0757 e. The van der Waals surface area contributed by atoms with E-state index >= 15 is 0 Å². The van der Waals surface area contributed by atoms with Gasteiger partial charge in [0.2, 0.25) is 0 Å². The number of fused-ring (bicyclic) bond motifs is 1. The van der Waals surface area contributed by atoms with Gasteiger partial charge in [0.05, 0.1) is 6.10 Å². The van der Waals surface area contributed by atoms with Crippen LogP contribution in [-0.2, 0) is 0 Å². The molecule has 0 spiro atoms. The van der Waals surface area contributed by atoms with Gasteiger partial charge in [0.1, 0.15) is 0 Å². The molecule has 2 N–H and O–H groups in total. The molecule has 0 aromatic carbocycles. The smallest absolute Gasteiger partial charge is 0.0757 e. The van der Waals surface area contributed by atoms with E-state index in [9.17, 15) is 5.11 Å². The maximum atomic E-state index is 9.79. The van der Waals surface area contributed by atoms with E-state index in [2.05, 4.69) is 13.8 Å². The molecule has 0 heterocycles.